The molecule has 76 valence electrons. The number of hydrogen-bond donors (Lipinski definition) is 0. The molecular formula is C10H10BrClO2. The Bertz CT molecular complexity index is 339. The second-order valence-corrected chi connectivity index (χ2v) is 3.63. The van der Waals surface area contributed by atoms with Gasteiger partial charge in [-0.1, -0.05) is 27.5 Å². The van der Waals surface area contributed by atoms with Gasteiger partial charge in [0.2, 0.25) is 0 Å². The van der Waals surface area contributed by atoms with E-state index >= 15 is 0 Å². The SMILES string of the molecule is CCOC(=O)c1ccc(Cl)c(CBr)c1. The number of rotatable bonds is 3. The van der Waals surface area contributed by atoms with Gasteiger partial charge in [-0.3, -0.25) is 0 Å². The number of esters is 1. The minimum atomic E-state index is -0.314. The van der Waals surface area contributed by atoms with Crippen molar-refractivity contribution in [3.63, 3.8) is 0 Å². The van der Waals surface area contributed by atoms with Crippen LogP contribution >= 0.6 is 27.5 Å². The van der Waals surface area contributed by atoms with Crippen molar-refractivity contribution in [2.75, 3.05) is 6.61 Å². The highest BCUT2D eigenvalue weighted by Crippen LogP contribution is 2.20. The molecule has 0 atom stereocenters. The molecule has 1 aromatic rings. The number of ether oxygens (including phenoxy) is 1. The molecule has 0 aromatic heterocycles. The van der Waals surface area contributed by atoms with Gasteiger partial charge in [0.15, 0.2) is 0 Å². The maximum atomic E-state index is 11.3. The Hall–Kier alpha value is -0.540. The molecule has 1 rings (SSSR count). The van der Waals surface area contributed by atoms with Crippen molar-refractivity contribution >= 4 is 33.5 Å². The minimum absolute atomic E-state index is 0.314. The van der Waals surface area contributed by atoms with Crippen LogP contribution in [0.15, 0.2) is 18.2 Å². The van der Waals surface area contributed by atoms with Gasteiger partial charge in [0.05, 0.1) is 12.2 Å². The molecule has 1 aromatic carbocycles. The maximum absolute atomic E-state index is 11.3. The van der Waals surface area contributed by atoms with Crippen LogP contribution in [-0.4, -0.2) is 12.6 Å². The third kappa shape index (κ3) is 2.72. The lowest BCUT2D eigenvalue weighted by Gasteiger charge is -2.04. The quantitative estimate of drug-likeness (QED) is 0.625. The van der Waals surface area contributed by atoms with Gasteiger partial charge in [-0.25, -0.2) is 4.79 Å². The van der Waals surface area contributed by atoms with Crippen LogP contribution in [0.3, 0.4) is 0 Å². The number of carbonyl (C=O) groups is 1. The highest BCUT2D eigenvalue weighted by Gasteiger charge is 2.08. The second-order valence-electron chi connectivity index (χ2n) is 2.66. The van der Waals surface area contributed by atoms with E-state index in [0.717, 1.165) is 5.56 Å². The van der Waals surface area contributed by atoms with E-state index in [1.165, 1.54) is 0 Å². The summed E-state index contributed by atoms with van der Waals surface area (Å²) in [6.45, 7) is 2.16. The molecule has 0 aliphatic heterocycles. The van der Waals surface area contributed by atoms with Crippen LogP contribution in [0.1, 0.15) is 22.8 Å². The van der Waals surface area contributed by atoms with Crippen LogP contribution in [-0.2, 0) is 10.1 Å². The standard InChI is InChI=1S/C10H10BrClO2/c1-2-14-10(13)7-3-4-9(12)8(5-7)6-11/h3-5H,2,6H2,1H3. The number of halogens is 2. The molecule has 14 heavy (non-hydrogen) atoms. The molecule has 0 unspecified atom stereocenters. The lowest BCUT2D eigenvalue weighted by atomic mass is 10.1. The molecule has 0 heterocycles. The third-order valence-electron chi connectivity index (χ3n) is 1.70. The van der Waals surface area contributed by atoms with Gasteiger partial charge < -0.3 is 4.74 Å². The van der Waals surface area contributed by atoms with Crippen LogP contribution in [0.4, 0.5) is 0 Å². The molecule has 0 aliphatic rings. The van der Waals surface area contributed by atoms with E-state index in [-0.39, 0.29) is 5.97 Å². The molecule has 0 radical (unpaired) electrons. The summed E-state index contributed by atoms with van der Waals surface area (Å²) in [5.41, 5.74) is 1.42. The molecule has 0 aliphatic carbocycles. The van der Waals surface area contributed by atoms with Crippen molar-refractivity contribution in [3.8, 4) is 0 Å². The highest BCUT2D eigenvalue weighted by atomic mass is 79.9. The first-order chi connectivity index (χ1) is 6.69. The lowest BCUT2D eigenvalue weighted by molar-refractivity contribution is 0.0526. The largest absolute Gasteiger partial charge is 0.462 e. The van der Waals surface area contributed by atoms with Crippen molar-refractivity contribution in [2.45, 2.75) is 12.3 Å². The maximum Gasteiger partial charge on any atom is 0.338 e. The van der Waals surface area contributed by atoms with Crippen molar-refractivity contribution in [1.82, 2.24) is 0 Å². The van der Waals surface area contributed by atoms with E-state index in [0.29, 0.717) is 22.5 Å². The van der Waals surface area contributed by atoms with Crippen molar-refractivity contribution in [2.24, 2.45) is 0 Å². The molecule has 0 N–H and O–H groups in total. The van der Waals surface area contributed by atoms with Crippen LogP contribution in [0.5, 0.6) is 0 Å². The zero-order chi connectivity index (χ0) is 10.6. The van der Waals surface area contributed by atoms with E-state index < -0.39 is 0 Å². The first-order valence-electron chi connectivity index (χ1n) is 4.20. The van der Waals surface area contributed by atoms with Gasteiger partial charge in [0.1, 0.15) is 0 Å². The summed E-state index contributed by atoms with van der Waals surface area (Å²) in [4.78, 5) is 11.3. The summed E-state index contributed by atoms with van der Waals surface area (Å²) >= 11 is 9.19. The van der Waals surface area contributed by atoms with E-state index in [2.05, 4.69) is 15.9 Å². The Labute approximate surface area is 96.3 Å². The molecule has 0 fully saturated rings. The van der Waals surface area contributed by atoms with E-state index in [1.807, 2.05) is 0 Å². The third-order valence-corrected chi connectivity index (χ3v) is 2.67. The summed E-state index contributed by atoms with van der Waals surface area (Å²) < 4.78 is 4.87. The summed E-state index contributed by atoms with van der Waals surface area (Å²) in [6.07, 6.45) is 0. The zero-order valence-electron chi connectivity index (χ0n) is 7.72. The smallest absolute Gasteiger partial charge is 0.338 e. The van der Waals surface area contributed by atoms with Gasteiger partial charge >= 0.3 is 5.97 Å². The van der Waals surface area contributed by atoms with E-state index in [1.54, 1.807) is 25.1 Å². The number of hydrogen-bond acceptors (Lipinski definition) is 2. The number of benzene rings is 1. The molecule has 0 amide bonds. The predicted molar refractivity (Wildman–Crippen MR) is 60.0 cm³/mol. The second kappa shape index (κ2) is 5.37. The normalized spacial score (nSPS) is 9.93. The molecule has 0 spiro atoms. The van der Waals surface area contributed by atoms with Gasteiger partial charge in [-0.05, 0) is 30.7 Å². The molecule has 2 nitrogen and oxygen atoms in total. The van der Waals surface area contributed by atoms with Crippen molar-refractivity contribution in [1.29, 1.82) is 0 Å². The van der Waals surface area contributed by atoms with Crippen LogP contribution in [0.2, 0.25) is 5.02 Å². The van der Waals surface area contributed by atoms with Gasteiger partial charge in [0, 0.05) is 10.4 Å². The molecule has 0 saturated carbocycles. The molecule has 0 bridgehead atoms. The molecule has 4 heteroatoms. The van der Waals surface area contributed by atoms with Crippen molar-refractivity contribution in [3.05, 3.63) is 34.3 Å². The van der Waals surface area contributed by atoms with Crippen LogP contribution in [0.25, 0.3) is 0 Å². The molecule has 0 saturated heterocycles. The monoisotopic (exact) mass is 276 g/mol. The Balaban J connectivity index is 2.94. The first kappa shape index (κ1) is 11.5. The van der Waals surface area contributed by atoms with Crippen molar-refractivity contribution < 1.29 is 9.53 Å². The predicted octanol–water partition coefficient (Wildman–Crippen LogP) is 3.41. The average molecular weight is 278 g/mol. The van der Waals surface area contributed by atoms with Crippen LogP contribution in [0, 0.1) is 0 Å². The van der Waals surface area contributed by atoms with E-state index in [9.17, 15) is 4.79 Å². The number of carbonyl (C=O) groups excluding carboxylic acids is 1. The topological polar surface area (TPSA) is 26.3 Å². The minimum Gasteiger partial charge on any atom is -0.462 e. The molecular weight excluding hydrogens is 267 g/mol. The van der Waals surface area contributed by atoms with Gasteiger partial charge in [0.25, 0.3) is 0 Å². The summed E-state index contributed by atoms with van der Waals surface area (Å²) in [5, 5.41) is 1.27. The fraction of sp³-hybridized carbons (Fsp3) is 0.300. The van der Waals surface area contributed by atoms with Gasteiger partial charge in [-0.2, -0.15) is 0 Å². The Morgan fingerprint density at radius 1 is 1.57 bits per heavy atom. The Morgan fingerprint density at radius 3 is 2.86 bits per heavy atom. The summed E-state index contributed by atoms with van der Waals surface area (Å²) in [5.74, 6) is -0.314. The van der Waals surface area contributed by atoms with Crippen LogP contribution < -0.4 is 0 Å². The number of alkyl halides is 1. The average Bonchev–Trinajstić information content (AvgIpc) is 2.19. The fourth-order valence-electron chi connectivity index (χ4n) is 1.02. The summed E-state index contributed by atoms with van der Waals surface area (Å²) in [6, 6.07) is 5.09. The first-order valence-corrected chi connectivity index (χ1v) is 5.70. The summed E-state index contributed by atoms with van der Waals surface area (Å²) in [7, 11) is 0. The zero-order valence-corrected chi connectivity index (χ0v) is 10.1. The highest BCUT2D eigenvalue weighted by molar-refractivity contribution is 9.08. The van der Waals surface area contributed by atoms with Gasteiger partial charge in [-0.15, -0.1) is 0 Å². The van der Waals surface area contributed by atoms with E-state index in [4.69, 9.17) is 16.3 Å². The Kier molecular flexibility index (Phi) is 4.42. The Morgan fingerprint density at radius 2 is 2.29 bits per heavy atom. The lowest BCUT2D eigenvalue weighted by Crippen LogP contribution is -2.04. The fourth-order valence-corrected chi connectivity index (χ4v) is 1.83.